The number of hydrogen-bond acceptors (Lipinski definition) is 6. The van der Waals surface area contributed by atoms with E-state index in [0.29, 0.717) is 37.8 Å². The third kappa shape index (κ3) is 7.30. The largest absolute Gasteiger partial charge is 1.00 e. The first-order chi connectivity index (χ1) is 18.4. The van der Waals surface area contributed by atoms with Crippen LogP contribution >= 0.6 is 28.3 Å². The minimum Gasteiger partial charge on any atom is -0.492 e. The van der Waals surface area contributed by atoms with E-state index >= 15 is 0 Å². The Morgan fingerprint density at radius 2 is 2.08 bits per heavy atom. The summed E-state index contributed by atoms with van der Waals surface area (Å²) in [5, 5.41) is 3.08. The molecule has 12 heteroatoms. The first-order valence-electron chi connectivity index (χ1n) is 12.8. The third-order valence-corrected chi connectivity index (χ3v) is 8.28. The van der Waals surface area contributed by atoms with Gasteiger partial charge in [0, 0.05) is 49.2 Å². The molecule has 1 atom stereocenters. The molecule has 200 valence electrons. The molecule has 0 spiro atoms. The molecule has 1 aromatic carbocycles. The Hall–Kier alpha value is -0.924. The predicted octanol–water partition coefficient (Wildman–Crippen LogP) is 2.18. The van der Waals surface area contributed by atoms with Crippen LogP contribution in [0.3, 0.4) is 0 Å². The number of aromatic nitrogens is 3. The van der Waals surface area contributed by atoms with E-state index in [2.05, 4.69) is 48.9 Å². The second-order valence-electron chi connectivity index (χ2n) is 9.79. The maximum absolute atomic E-state index is 13.3. The molecular weight excluding hydrogens is 653 g/mol. The number of amides is 2. The number of rotatable bonds is 5. The summed E-state index contributed by atoms with van der Waals surface area (Å²) in [6.45, 7) is 5.27. The van der Waals surface area contributed by atoms with E-state index in [1.807, 2.05) is 29.8 Å². The topological polar surface area (TPSA) is 92.6 Å². The predicted molar refractivity (Wildman–Crippen MR) is 158 cm³/mol. The SMILES string of the molecule is Cc1cc(C(=O)Nc2nc3ccc4c(c3n2C2CCCCN(C(=O)/C=C/[P-]I)C2)CN(C)CCO4)ccn1.[K+]. The van der Waals surface area contributed by atoms with Crippen molar-refractivity contribution in [3.05, 3.63) is 59.2 Å². The molecule has 0 aliphatic carbocycles. The van der Waals surface area contributed by atoms with Crippen LogP contribution in [0.15, 0.2) is 42.4 Å². The number of imidazole rings is 1. The van der Waals surface area contributed by atoms with Crippen molar-refractivity contribution in [1.82, 2.24) is 24.3 Å². The van der Waals surface area contributed by atoms with Gasteiger partial charge in [0.1, 0.15) is 12.4 Å². The number of likely N-dealkylation sites (N-methyl/N-ethyl adjacent to an activating group) is 1. The quantitative estimate of drug-likeness (QED) is 0.192. The Balaban J connectivity index is 0.00000353. The second-order valence-corrected chi connectivity index (χ2v) is 12.0. The third-order valence-electron chi connectivity index (χ3n) is 7.05. The Bertz CT molecular complexity index is 1380. The molecule has 2 aliphatic rings. The van der Waals surface area contributed by atoms with Crippen LogP contribution in [0.25, 0.3) is 11.0 Å². The minimum absolute atomic E-state index is 0. The van der Waals surface area contributed by atoms with Crippen LogP contribution in [0.5, 0.6) is 5.75 Å². The summed E-state index contributed by atoms with van der Waals surface area (Å²) in [7, 11) is 2.08. The number of anilines is 1. The molecule has 39 heavy (non-hydrogen) atoms. The summed E-state index contributed by atoms with van der Waals surface area (Å²) < 4.78 is 8.27. The molecule has 1 fully saturated rings. The fraction of sp³-hybridized carbons (Fsp3) is 0.407. The first-order valence-corrected chi connectivity index (χ1v) is 16.5. The smallest absolute Gasteiger partial charge is 0.492 e. The number of nitrogens with zero attached hydrogens (tertiary/aromatic N) is 5. The zero-order valence-electron chi connectivity index (χ0n) is 22.6. The van der Waals surface area contributed by atoms with E-state index in [1.165, 1.54) is 0 Å². The van der Waals surface area contributed by atoms with Crippen LogP contribution in [0, 0.1) is 6.92 Å². The van der Waals surface area contributed by atoms with Gasteiger partial charge in [0.2, 0.25) is 11.9 Å². The molecule has 5 rings (SSSR count). The van der Waals surface area contributed by atoms with Crippen molar-refractivity contribution in [2.45, 2.75) is 38.8 Å². The number of halogens is 1. The van der Waals surface area contributed by atoms with Crippen molar-refractivity contribution in [3.63, 3.8) is 0 Å². The van der Waals surface area contributed by atoms with Crippen molar-refractivity contribution < 1.29 is 65.7 Å². The summed E-state index contributed by atoms with van der Waals surface area (Å²) in [6, 6.07) is 7.36. The summed E-state index contributed by atoms with van der Waals surface area (Å²) >= 11 is 2.21. The average molecular weight is 685 g/mol. The number of likely N-dealkylation sites (tertiary alicyclic amines) is 1. The van der Waals surface area contributed by atoms with E-state index in [1.54, 1.807) is 24.4 Å². The maximum atomic E-state index is 13.3. The summed E-state index contributed by atoms with van der Waals surface area (Å²) in [5.74, 6) is 2.98. The number of carbonyl (C=O) groups excluding carboxylic acids is 2. The molecule has 2 amide bonds. The van der Waals surface area contributed by atoms with Crippen molar-refractivity contribution >= 4 is 57.1 Å². The van der Waals surface area contributed by atoms with Crippen molar-refractivity contribution in [1.29, 1.82) is 0 Å². The van der Waals surface area contributed by atoms with Gasteiger partial charge >= 0.3 is 51.4 Å². The number of carbonyl (C=O) groups is 2. The molecular formula is C27H31IKN6O3P. The molecule has 9 nitrogen and oxygen atoms in total. The fourth-order valence-corrected chi connectivity index (χ4v) is 5.89. The van der Waals surface area contributed by atoms with Gasteiger partial charge in [-0.3, -0.25) is 24.8 Å². The number of aryl methyl sites for hydroxylation is 1. The average Bonchev–Trinajstić information content (AvgIpc) is 3.04. The molecule has 0 saturated carbocycles. The van der Waals surface area contributed by atoms with E-state index in [0.717, 1.165) is 60.1 Å². The van der Waals surface area contributed by atoms with E-state index in [-0.39, 0.29) is 69.2 Å². The Morgan fingerprint density at radius 1 is 1.23 bits per heavy atom. The minimum atomic E-state index is -0.239. The Labute approximate surface area is 286 Å². The van der Waals surface area contributed by atoms with Crippen LogP contribution in [0.1, 0.15) is 46.9 Å². The molecule has 1 saturated heterocycles. The van der Waals surface area contributed by atoms with E-state index in [9.17, 15) is 9.59 Å². The van der Waals surface area contributed by atoms with Crippen molar-refractivity contribution in [3.8, 4) is 5.75 Å². The van der Waals surface area contributed by atoms with E-state index < -0.39 is 0 Å². The number of hydrogen-bond donors (Lipinski definition) is 1. The number of nitrogens with one attached hydrogen (secondary N) is 1. The Kier molecular flexibility index (Phi) is 11.4. The van der Waals surface area contributed by atoms with Crippen molar-refractivity contribution in [2.75, 3.05) is 38.6 Å². The molecule has 2 aliphatic heterocycles. The molecule has 2 aromatic heterocycles. The van der Waals surface area contributed by atoms with Gasteiger partial charge in [0.05, 0.1) is 17.1 Å². The molecule has 4 heterocycles. The first kappa shape index (κ1) is 31.0. The second kappa shape index (κ2) is 14.3. The molecule has 0 bridgehead atoms. The van der Waals surface area contributed by atoms with Gasteiger partial charge < -0.3 is 42.5 Å². The molecule has 0 radical (unpaired) electrons. The van der Waals surface area contributed by atoms with E-state index in [4.69, 9.17) is 9.72 Å². The Morgan fingerprint density at radius 3 is 2.87 bits per heavy atom. The van der Waals surface area contributed by atoms with Crippen LogP contribution in [-0.4, -0.2) is 69.4 Å². The standard InChI is InChI=1S/C27H31IN6O3P.K/c1-18-15-19(8-10-29-18)26(36)31-27-30-22-6-7-23-21(17-32(2)12-13-37-23)25(22)34(27)20-5-3-4-11-33(16-20)24(35)9-14-38-28;/h6-10,14-15,20H,3-5,11-13,16-17H2,1-2H3,(H,30,31,36);/q-1;+1/b14-9+;. The fourth-order valence-electron chi connectivity index (χ4n) is 5.22. The van der Waals surface area contributed by atoms with Gasteiger partial charge in [-0.1, -0.05) is 0 Å². The number of ether oxygens (including phenoxy) is 1. The van der Waals surface area contributed by atoms with Gasteiger partial charge in [-0.05, 0) is 63.6 Å². The van der Waals surface area contributed by atoms with Gasteiger partial charge in [-0.15, -0.1) is 0 Å². The number of pyridine rings is 1. The van der Waals surface area contributed by atoms with Gasteiger partial charge in [0.25, 0.3) is 5.91 Å². The normalized spacial score (nSPS) is 18.4. The van der Waals surface area contributed by atoms with Crippen LogP contribution in [0.2, 0.25) is 0 Å². The van der Waals surface area contributed by atoms with Crippen LogP contribution in [0.4, 0.5) is 5.95 Å². The maximum Gasteiger partial charge on any atom is 1.00 e. The molecule has 1 N–H and O–H groups in total. The van der Waals surface area contributed by atoms with Gasteiger partial charge in [0.15, 0.2) is 0 Å². The van der Waals surface area contributed by atoms with Crippen LogP contribution < -0.4 is 61.4 Å². The summed E-state index contributed by atoms with van der Waals surface area (Å²) in [6.07, 6.45) is 7.11. The molecule has 3 aromatic rings. The summed E-state index contributed by atoms with van der Waals surface area (Å²) in [5.41, 5.74) is 4.11. The summed E-state index contributed by atoms with van der Waals surface area (Å²) in [4.78, 5) is 39.6. The monoisotopic (exact) mass is 684 g/mol. The van der Waals surface area contributed by atoms with Gasteiger partial charge in [-0.25, -0.2) is 10.8 Å². The van der Waals surface area contributed by atoms with Crippen LogP contribution in [-0.2, 0) is 11.3 Å². The number of fused-ring (bicyclic) bond motifs is 3. The zero-order valence-corrected chi connectivity index (χ0v) is 28.7. The van der Waals surface area contributed by atoms with Crippen molar-refractivity contribution in [2.24, 2.45) is 0 Å². The zero-order chi connectivity index (χ0) is 26.6. The van der Waals surface area contributed by atoms with Gasteiger partial charge in [-0.2, -0.15) is 0 Å². The molecule has 1 unspecified atom stereocenters. The number of benzene rings is 1.